The van der Waals surface area contributed by atoms with Gasteiger partial charge in [-0.2, -0.15) is 0 Å². The Hall–Kier alpha value is -1.62. The van der Waals surface area contributed by atoms with E-state index in [0.29, 0.717) is 4.77 Å². The third-order valence-electron chi connectivity index (χ3n) is 4.04. The number of H-pyrrole nitrogens is 1. The molecule has 1 aliphatic heterocycles. The summed E-state index contributed by atoms with van der Waals surface area (Å²) in [6.07, 6.45) is 2.22. The number of fused-ring (bicyclic) bond motifs is 1. The Kier molecular flexibility index (Phi) is 3.38. The molecule has 106 valence electrons. The second kappa shape index (κ2) is 5.05. The molecule has 1 fully saturated rings. The Morgan fingerprint density at radius 2 is 2.05 bits per heavy atom. The van der Waals surface area contributed by atoms with Crippen molar-refractivity contribution in [3.8, 4) is 0 Å². The number of benzene rings is 1. The zero-order valence-corrected chi connectivity index (χ0v) is 12.7. The standard InChI is InChI=1S/C15H19N3OS/c1-10-5-6-12-13(9-10)18(15(20)16-12)11(2)14(19)17-7-3-4-8-17/h5-6,9,11H,3-4,7-8H2,1-2H3,(H,16,20). The van der Waals surface area contributed by atoms with Crippen molar-refractivity contribution in [3.05, 3.63) is 28.5 Å². The van der Waals surface area contributed by atoms with Gasteiger partial charge in [-0.1, -0.05) is 6.07 Å². The van der Waals surface area contributed by atoms with Crippen molar-refractivity contribution in [1.82, 2.24) is 14.5 Å². The van der Waals surface area contributed by atoms with Gasteiger partial charge in [-0.25, -0.2) is 0 Å². The van der Waals surface area contributed by atoms with E-state index < -0.39 is 0 Å². The molecule has 3 rings (SSSR count). The van der Waals surface area contributed by atoms with Gasteiger partial charge in [-0.3, -0.25) is 4.79 Å². The largest absolute Gasteiger partial charge is 0.341 e. The van der Waals surface area contributed by atoms with Crippen molar-refractivity contribution in [3.63, 3.8) is 0 Å². The highest BCUT2D eigenvalue weighted by atomic mass is 32.1. The molecule has 0 radical (unpaired) electrons. The van der Waals surface area contributed by atoms with Gasteiger partial charge in [-0.15, -0.1) is 0 Å². The molecular weight excluding hydrogens is 270 g/mol. The van der Waals surface area contributed by atoms with E-state index in [1.54, 1.807) is 0 Å². The summed E-state index contributed by atoms with van der Waals surface area (Å²) in [5.74, 6) is 0.168. The van der Waals surface area contributed by atoms with Crippen LogP contribution in [-0.4, -0.2) is 33.4 Å². The third-order valence-corrected chi connectivity index (χ3v) is 4.33. The molecule has 4 nitrogen and oxygen atoms in total. The predicted octanol–water partition coefficient (Wildman–Crippen LogP) is 3.19. The number of nitrogens with one attached hydrogen (secondary N) is 1. The van der Waals surface area contributed by atoms with Crippen LogP contribution in [0.1, 0.15) is 31.4 Å². The number of amides is 1. The van der Waals surface area contributed by atoms with Gasteiger partial charge >= 0.3 is 0 Å². The quantitative estimate of drug-likeness (QED) is 0.863. The molecule has 0 spiro atoms. The van der Waals surface area contributed by atoms with Gasteiger partial charge in [0, 0.05) is 13.1 Å². The number of aromatic amines is 1. The number of rotatable bonds is 2. The van der Waals surface area contributed by atoms with Crippen LogP contribution in [0.4, 0.5) is 0 Å². The summed E-state index contributed by atoms with van der Waals surface area (Å²) in [6.45, 7) is 5.73. The van der Waals surface area contributed by atoms with Gasteiger partial charge < -0.3 is 14.5 Å². The van der Waals surface area contributed by atoms with Gasteiger partial charge in [0.15, 0.2) is 4.77 Å². The Labute approximate surface area is 123 Å². The lowest BCUT2D eigenvalue weighted by molar-refractivity contribution is -0.133. The summed E-state index contributed by atoms with van der Waals surface area (Å²) in [5.41, 5.74) is 3.16. The fourth-order valence-electron chi connectivity index (χ4n) is 2.93. The Morgan fingerprint density at radius 3 is 2.75 bits per heavy atom. The third kappa shape index (κ3) is 2.16. The minimum Gasteiger partial charge on any atom is -0.341 e. The van der Waals surface area contributed by atoms with Crippen molar-refractivity contribution < 1.29 is 4.79 Å². The number of hydrogen-bond donors (Lipinski definition) is 1. The monoisotopic (exact) mass is 289 g/mol. The lowest BCUT2D eigenvalue weighted by Gasteiger charge is -2.21. The van der Waals surface area contributed by atoms with E-state index in [1.807, 2.05) is 35.4 Å². The van der Waals surface area contributed by atoms with Crippen LogP contribution in [0.15, 0.2) is 18.2 Å². The fraction of sp³-hybridized carbons (Fsp3) is 0.467. The Balaban J connectivity index is 2.04. The number of nitrogens with zero attached hydrogens (tertiary/aromatic N) is 2. The number of aromatic nitrogens is 2. The molecule has 2 aromatic rings. The Bertz CT molecular complexity index is 709. The molecule has 1 aromatic carbocycles. The number of likely N-dealkylation sites (tertiary alicyclic amines) is 1. The van der Waals surface area contributed by atoms with Crippen molar-refractivity contribution >= 4 is 29.2 Å². The van der Waals surface area contributed by atoms with E-state index in [9.17, 15) is 4.79 Å². The van der Waals surface area contributed by atoms with Crippen molar-refractivity contribution in [2.45, 2.75) is 32.7 Å². The average molecular weight is 289 g/mol. The highest BCUT2D eigenvalue weighted by molar-refractivity contribution is 7.71. The van der Waals surface area contributed by atoms with Crippen molar-refractivity contribution in [1.29, 1.82) is 0 Å². The maximum Gasteiger partial charge on any atom is 0.245 e. The van der Waals surface area contributed by atoms with Gasteiger partial charge in [0.25, 0.3) is 0 Å². The molecule has 2 heterocycles. The van der Waals surface area contributed by atoms with E-state index in [1.165, 1.54) is 5.56 Å². The summed E-state index contributed by atoms with van der Waals surface area (Å²) in [6, 6.07) is 5.89. The second-order valence-corrected chi connectivity index (χ2v) is 5.92. The molecule has 1 aliphatic rings. The maximum absolute atomic E-state index is 12.6. The summed E-state index contributed by atoms with van der Waals surface area (Å²) in [5, 5.41) is 0. The zero-order valence-electron chi connectivity index (χ0n) is 11.8. The number of carbonyl (C=O) groups is 1. The van der Waals surface area contributed by atoms with E-state index in [4.69, 9.17) is 12.2 Å². The molecule has 0 bridgehead atoms. The summed E-state index contributed by atoms with van der Waals surface area (Å²) >= 11 is 5.40. The maximum atomic E-state index is 12.6. The normalized spacial score (nSPS) is 16.8. The van der Waals surface area contributed by atoms with Crippen LogP contribution in [-0.2, 0) is 4.79 Å². The van der Waals surface area contributed by atoms with Crippen LogP contribution in [0.5, 0.6) is 0 Å². The van der Waals surface area contributed by atoms with Gasteiger partial charge in [-0.05, 0) is 56.6 Å². The molecule has 1 saturated heterocycles. The van der Waals surface area contributed by atoms with Crippen molar-refractivity contribution in [2.24, 2.45) is 0 Å². The summed E-state index contributed by atoms with van der Waals surface area (Å²) in [4.78, 5) is 17.7. The molecule has 5 heteroatoms. The number of imidazole rings is 1. The van der Waals surface area contributed by atoms with Gasteiger partial charge in [0.05, 0.1) is 11.0 Å². The first kappa shape index (κ1) is 13.4. The highest BCUT2D eigenvalue weighted by Crippen LogP contribution is 2.23. The van der Waals surface area contributed by atoms with Gasteiger partial charge in [0.1, 0.15) is 6.04 Å². The van der Waals surface area contributed by atoms with E-state index in [0.717, 1.165) is 37.0 Å². The molecule has 1 unspecified atom stereocenters. The molecule has 1 atom stereocenters. The zero-order chi connectivity index (χ0) is 14.3. The first-order chi connectivity index (χ1) is 9.58. The minimum absolute atomic E-state index is 0.168. The lowest BCUT2D eigenvalue weighted by Crippen LogP contribution is -2.34. The topological polar surface area (TPSA) is 41.0 Å². The van der Waals surface area contributed by atoms with Crippen LogP contribution in [0, 0.1) is 11.7 Å². The van der Waals surface area contributed by atoms with Crippen LogP contribution < -0.4 is 0 Å². The minimum atomic E-state index is -0.254. The molecule has 1 aromatic heterocycles. The highest BCUT2D eigenvalue weighted by Gasteiger charge is 2.25. The van der Waals surface area contributed by atoms with Crippen molar-refractivity contribution in [2.75, 3.05) is 13.1 Å². The molecule has 1 amide bonds. The predicted molar refractivity (Wildman–Crippen MR) is 82.4 cm³/mol. The number of hydrogen-bond acceptors (Lipinski definition) is 2. The van der Waals surface area contributed by atoms with E-state index in [-0.39, 0.29) is 11.9 Å². The fourth-order valence-corrected chi connectivity index (χ4v) is 3.29. The lowest BCUT2D eigenvalue weighted by atomic mass is 10.2. The van der Waals surface area contributed by atoms with Crippen LogP contribution in [0.2, 0.25) is 0 Å². The first-order valence-corrected chi connectivity index (χ1v) is 7.48. The number of aryl methyl sites for hydroxylation is 1. The molecule has 1 N–H and O–H groups in total. The van der Waals surface area contributed by atoms with Crippen LogP contribution in [0.3, 0.4) is 0 Å². The van der Waals surface area contributed by atoms with Gasteiger partial charge in [0.2, 0.25) is 5.91 Å². The molecule has 0 aliphatic carbocycles. The first-order valence-electron chi connectivity index (χ1n) is 7.07. The van der Waals surface area contributed by atoms with Crippen LogP contribution in [0.25, 0.3) is 11.0 Å². The van der Waals surface area contributed by atoms with Crippen LogP contribution >= 0.6 is 12.2 Å². The molecule has 20 heavy (non-hydrogen) atoms. The molecular formula is C15H19N3OS. The average Bonchev–Trinajstić information content (AvgIpc) is 3.04. The smallest absolute Gasteiger partial charge is 0.245 e. The molecule has 0 saturated carbocycles. The Morgan fingerprint density at radius 1 is 1.35 bits per heavy atom. The summed E-state index contributed by atoms with van der Waals surface area (Å²) in [7, 11) is 0. The number of carbonyl (C=O) groups excluding carboxylic acids is 1. The summed E-state index contributed by atoms with van der Waals surface area (Å²) < 4.78 is 2.56. The van der Waals surface area contributed by atoms with E-state index in [2.05, 4.69) is 11.1 Å². The van der Waals surface area contributed by atoms with E-state index >= 15 is 0 Å². The second-order valence-electron chi connectivity index (χ2n) is 5.53. The SMILES string of the molecule is Cc1ccc2[nH]c(=S)n(C(C)C(=O)N3CCCC3)c2c1.